The Kier molecular flexibility index (Phi) is 6.78. The fourth-order valence-electron chi connectivity index (χ4n) is 10.7. The summed E-state index contributed by atoms with van der Waals surface area (Å²) >= 11 is 0. The summed E-state index contributed by atoms with van der Waals surface area (Å²) in [4.78, 5) is 2.47. The summed E-state index contributed by atoms with van der Waals surface area (Å²) in [6, 6.07) is 65.0. The molecule has 1 aromatic heterocycles. The Bertz CT molecular complexity index is 3350. The van der Waals surface area contributed by atoms with E-state index in [1.807, 2.05) is 6.07 Å². The molecule has 0 saturated heterocycles. The van der Waals surface area contributed by atoms with Crippen LogP contribution in [0.25, 0.3) is 76.9 Å². The molecule has 0 amide bonds. The number of benzene rings is 9. The Labute approximate surface area is 338 Å². The molecule has 2 aliphatic rings. The van der Waals surface area contributed by atoms with Crippen molar-refractivity contribution in [3.05, 3.63) is 198 Å². The van der Waals surface area contributed by atoms with Crippen molar-refractivity contribution >= 4 is 60.5 Å². The zero-order valence-corrected chi connectivity index (χ0v) is 33.1. The molecule has 0 unspecified atom stereocenters. The maximum Gasteiger partial charge on any atom is 0.135 e. The maximum absolute atomic E-state index is 6.41. The van der Waals surface area contributed by atoms with Crippen molar-refractivity contribution in [3.8, 4) is 33.4 Å². The molecule has 0 fully saturated rings. The molecule has 10 aromatic rings. The fourth-order valence-corrected chi connectivity index (χ4v) is 10.7. The van der Waals surface area contributed by atoms with Crippen molar-refractivity contribution < 1.29 is 4.42 Å². The molecule has 0 radical (unpaired) electrons. The second-order valence-electron chi connectivity index (χ2n) is 17.3. The molecular formula is C56H41NO. The van der Waals surface area contributed by atoms with E-state index in [1.54, 1.807) is 0 Å². The molecule has 1 heterocycles. The monoisotopic (exact) mass is 743 g/mol. The van der Waals surface area contributed by atoms with Crippen LogP contribution in [0.5, 0.6) is 0 Å². The third-order valence-corrected chi connectivity index (χ3v) is 13.4. The molecule has 0 aliphatic heterocycles. The molecule has 2 heteroatoms. The molecular weight excluding hydrogens is 703 g/mol. The zero-order chi connectivity index (χ0) is 38.9. The first-order valence-electron chi connectivity index (χ1n) is 20.4. The van der Waals surface area contributed by atoms with Gasteiger partial charge in [0.1, 0.15) is 11.2 Å². The van der Waals surface area contributed by atoms with Gasteiger partial charge in [-0.15, -0.1) is 0 Å². The summed E-state index contributed by atoms with van der Waals surface area (Å²) < 4.78 is 6.41. The van der Waals surface area contributed by atoms with Gasteiger partial charge >= 0.3 is 0 Å². The molecule has 9 aromatic carbocycles. The van der Waals surface area contributed by atoms with E-state index in [4.69, 9.17) is 4.42 Å². The Hall–Kier alpha value is -6.90. The van der Waals surface area contributed by atoms with Crippen LogP contribution in [0.15, 0.2) is 180 Å². The van der Waals surface area contributed by atoms with Gasteiger partial charge in [-0.2, -0.15) is 0 Å². The summed E-state index contributed by atoms with van der Waals surface area (Å²) in [6.45, 7) is 9.53. The van der Waals surface area contributed by atoms with E-state index in [-0.39, 0.29) is 10.8 Å². The minimum absolute atomic E-state index is 0.153. The highest BCUT2D eigenvalue weighted by Gasteiger charge is 2.39. The van der Waals surface area contributed by atoms with E-state index in [0.717, 1.165) is 33.6 Å². The van der Waals surface area contributed by atoms with E-state index in [0.29, 0.717) is 0 Å². The molecule has 276 valence electrons. The Morgan fingerprint density at radius 2 is 1.00 bits per heavy atom. The second-order valence-corrected chi connectivity index (χ2v) is 17.3. The number of hydrogen-bond acceptors (Lipinski definition) is 2. The van der Waals surface area contributed by atoms with Crippen molar-refractivity contribution in [2.45, 2.75) is 38.5 Å². The van der Waals surface area contributed by atoms with Gasteiger partial charge in [-0.25, -0.2) is 0 Å². The summed E-state index contributed by atoms with van der Waals surface area (Å²) in [6.07, 6.45) is 0. The van der Waals surface area contributed by atoms with Gasteiger partial charge in [0, 0.05) is 38.5 Å². The van der Waals surface area contributed by atoms with Gasteiger partial charge in [0.25, 0.3) is 0 Å². The van der Waals surface area contributed by atoms with Crippen LogP contribution in [-0.4, -0.2) is 0 Å². The first-order chi connectivity index (χ1) is 28.3. The summed E-state index contributed by atoms with van der Waals surface area (Å²) in [5.74, 6) is 0. The van der Waals surface area contributed by atoms with Gasteiger partial charge in [0.2, 0.25) is 0 Å². The highest BCUT2D eigenvalue weighted by atomic mass is 16.3. The Balaban J connectivity index is 1.05. The highest BCUT2D eigenvalue weighted by molar-refractivity contribution is 6.08. The highest BCUT2D eigenvalue weighted by Crippen LogP contribution is 2.56. The van der Waals surface area contributed by atoms with E-state index >= 15 is 0 Å². The number of fused-ring (bicyclic) bond motifs is 13. The van der Waals surface area contributed by atoms with Crippen LogP contribution in [0.4, 0.5) is 17.1 Å². The lowest BCUT2D eigenvalue weighted by atomic mass is 9.78. The molecule has 12 rings (SSSR count). The van der Waals surface area contributed by atoms with Crippen molar-refractivity contribution in [1.29, 1.82) is 0 Å². The SMILES string of the molecule is CC1(C)c2cc(N(c3ccc4c5c(ccc4c3)-c3ccc4ccccc4c3C5(C)C)c3ccccc3-c3ccccc3)ccc2-c2cc3c(cc21)oc1ccccc13. The molecule has 2 nitrogen and oxygen atoms in total. The molecule has 0 bridgehead atoms. The van der Waals surface area contributed by atoms with Gasteiger partial charge in [-0.3, -0.25) is 0 Å². The van der Waals surface area contributed by atoms with Crippen LogP contribution < -0.4 is 4.90 Å². The third-order valence-electron chi connectivity index (χ3n) is 13.4. The van der Waals surface area contributed by atoms with Crippen molar-refractivity contribution in [1.82, 2.24) is 0 Å². The predicted molar refractivity (Wildman–Crippen MR) is 244 cm³/mol. The van der Waals surface area contributed by atoms with Gasteiger partial charge in [0.15, 0.2) is 0 Å². The summed E-state index contributed by atoms with van der Waals surface area (Å²) in [5.41, 5.74) is 18.0. The smallest absolute Gasteiger partial charge is 0.135 e. The molecule has 2 aliphatic carbocycles. The van der Waals surface area contributed by atoms with Crippen molar-refractivity contribution in [2.24, 2.45) is 0 Å². The number of furan rings is 1. The first kappa shape index (κ1) is 33.3. The third kappa shape index (κ3) is 4.54. The van der Waals surface area contributed by atoms with E-state index < -0.39 is 0 Å². The lowest BCUT2D eigenvalue weighted by molar-refractivity contribution is 0.647. The summed E-state index contributed by atoms with van der Waals surface area (Å²) in [7, 11) is 0. The molecule has 58 heavy (non-hydrogen) atoms. The lowest BCUT2D eigenvalue weighted by Crippen LogP contribution is -2.17. The van der Waals surface area contributed by atoms with Crippen LogP contribution in [0, 0.1) is 0 Å². The average Bonchev–Trinajstić information content (AvgIpc) is 3.82. The first-order valence-corrected chi connectivity index (χ1v) is 20.4. The van der Waals surface area contributed by atoms with Crippen LogP contribution in [-0.2, 0) is 10.8 Å². The molecule has 0 saturated carbocycles. The quantitative estimate of drug-likeness (QED) is 0.178. The standard InChI is InChI=1S/C56H41NO/c1-55(2)48-31-38(25-29-42(48)46-32-47-43-19-11-13-21-51(43)58-52(47)33-49(46)55)57(50-20-12-10-17-39(50)34-14-6-5-7-15-34)37-24-28-41-36(30-37)23-27-45-44-26-22-35-16-8-9-18-40(35)53(44)56(3,4)54(41)45/h5-33H,1-4H3. The zero-order valence-electron chi connectivity index (χ0n) is 33.1. The van der Waals surface area contributed by atoms with E-state index in [1.165, 1.54) is 82.6 Å². The molecule has 0 N–H and O–H groups in total. The van der Waals surface area contributed by atoms with Crippen LogP contribution in [0.3, 0.4) is 0 Å². The number of para-hydroxylation sites is 2. The van der Waals surface area contributed by atoms with E-state index in [2.05, 4.69) is 202 Å². The normalized spacial score (nSPS) is 14.5. The number of rotatable bonds is 4. The largest absolute Gasteiger partial charge is 0.456 e. The minimum atomic E-state index is -0.229. The minimum Gasteiger partial charge on any atom is -0.456 e. The van der Waals surface area contributed by atoms with Gasteiger partial charge in [-0.1, -0.05) is 155 Å². The van der Waals surface area contributed by atoms with Crippen molar-refractivity contribution in [2.75, 3.05) is 4.90 Å². The Morgan fingerprint density at radius 3 is 1.83 bits per heavy atom. The van der Waals surface area contributed by atoms with E-state index in [9.17, 15) is 0 Å². The van der Waals surface area contributed by atoms with Gasteiger partial charge in [0.05, 0.1) is 5.69 Å². The fraction of sp³-hybridized carbons (Fsp3) is 0.107. The predicted octanol–water partition coefficient (Wildman–Crippen LogP) is 15.6. The number of anilines is 3. The van der Waals surface area contributed by atoms with Crippen molar-refractivity contribution in [3.63, 3.8) is 0 Å². The van der Waals surface area contributed by atoms with Crippen LogP contribution >= 0.6 is 0 Å². The van der Waals surface area contributed by atoms with Crippen LogP contribution in [0.2, 0.25) is 0 Å². The number of nitrogens with zero attached hydrogens (tertiary/aromatic N) is 1. The lowest BCUT2D eigenvalue weighted by Gasteiger charge is -2.30. The Morgan fingerprint density at radius 1 is 0.379 bits per heavy atom. The number of hydrogen-bond donors (Lipinski definition) is 0. The van der Waals surface area contributed by atoms with Gasteiger partial charge < -0.3 is 9.32 Å². The second kappa shape index (κ2) is 11.8. The molecule has 0 spiro atoms. The summed E-state index contributed by atoms with van der Waals surface area (Å²) in [5, 5.41) is 7.53. The average molecular weight is 744 g/mol. The topological polar surface area (TPSA) is 16.4 Å². The molecule has 0 atom stereocenters. The van der Waals surface area contributed by atoms with Gasteiger partial charge in [-0.05, 0) is 120 Å². The van der Waals surface area contributed by atoms with Crippen LogP contribution in [0.1, 0.15) is 49.9 Å². The maximum atomic E-state index is 6.41.